The summed E-state index contributed by atoms with van der Waals surface area (Å²) in [4.78, 5) is 3.98. The van der Waals surface area contributed by atoms with Crippen molar-refractivity contribution in [2.75, 3.05) is 0 Å². The SMILES string of the molecule is CC(c1ccncc1)C(Cl)c1cccc(F)c1Br. The normalized spacial score (nSPS) is 14.2. The Morgan fingerprint density at radius 1 is 1.22 bits per heavy atom. The average molecular weight is 329 g/mol. The number of hydrogen-bond acceptors (Lipinski definition) is 1. The van der Waals surface area contributed by atoms with E-state index in [2.05, 4.69) is 20.9 Å². The number of benzene rings is 1. The summed E-state index contributed by atoms with van der Waals surface area (Å²) < 4.78 is 13.9. The van der Waals surface area contributed by atoms with E-state index in [4.69, 9.17) is 11.6 Å². The lowest BCUT2D eigenvalue weighted by Crippen LogP contribution is -2.04. The van der Waals surface area contributed by atoms with Crippen molar-refractivity contribution >= 4 is 27.5 Å². The lowest BCUT2D eigenvalue weighted by Gasteiger charge is -2.20. The molecule has 1 aromatic carbocycles. The minimum Gasteiger partial charge on any atom is -0.265 e. The number of nitrogens with zero attached hydrogens (tertiary/aromatic N) is 1. The number of pyridine rings is 1. The molecule has 0 amide bonds. The fourth-order valence-corrected chi connectivity index (χ4v) is 2.81. The zero-order chi connectivity index (χ0) is 13.1. The van der Waals surface area contributed by atoms with Crippen molar-refractivity contribution < 1.29 is 4.39 Å². The Kier molecular flexibility index (Phi) is 4.36. The third-order valence-electron chi connectivity index (χ3n) is 2.95. The molecule has 94 valence electrons. The Labute approximate surface area is 119 Å². The van der Waals surface area contributed by atoms with E-state index in [1.165, 1.54) is 6.07 Å². The summed E-state index contributed by atoms with van der Waals surface area (Å²) in [6.07, 6.45) is 3.46. The highest BCUT2D eigenvalue weighted by Gasteiger charge is 2.21. The van der Waals surface area contributed by atoms with Gasteiger partial charge in [-0.05, 0) is 45.3 Å². The molecule has 2 atom stereocenters. The van der Waals surface area contributed by atoms with Gasteiger partial charge in [0.25, 0.3) is 0 Å². The first-order valence-corrected chi connectivity index (χ1v) is 6.82. The fourth-order valence-electron chi connectivity index (χ4n) is 1.84. The minimum atomic E-state index is -0.294. The fraction of sp³-hybridized carbons (Fsp3) is 0.214. The van der Waals surface area contributed by atoms with E-state index < -0.39 is 0 Å². The van der Waals surface area contributed by atoms with Crippen LogP contribution >= 0.6 is 27.5 Å². The molecule has 0 aliphatic carbocycles. The smallest absolute Gasteiger partial charge is 0.137 e. The third-order valence-corrected chi connectivity index (χ3v) is 4.40. The van der Waals surface area contributed by atoms with Crippen LogP contribution in [-0.2, 0) is 0 Å². The van der Waals surface area contributed by atoms with Gasteiger partial charge in [-0.15, -0.1) is 11.6 Å². The van der Waals surface area contributed by atoms with Crippen molar-refractivity contribution in [2.45, 2.75) is 18.2 Å². The van der Waals surface area contributed by atoms with Gasteiger partial charge in [-0.25, -0.2) is 4.39 Å². The summed E-state index contributed by atoms with van der Waals surface area (Å²) in [5.74, 6) is -0.215. The van der Waals surface area contributed by atoms with Crippen molar-refractivity contribution in [1.82, 2.24) is 4.98 Å². The zero-order valence-electron chi connectivity index (χ0n) is 9.78. The molecule has 4 heteroatoms. The first-order valence-electron chi connectivity index (χ1n) is 5.59. The predicted octanol–water partition coefficient (Wildman–Crippen LogP) is 5.07. The van der Waals surface area contributed by atoms with Crippen molar-refractivity contribution in [3.8, 4) is 0 Å². The summed E-state index contributed by atoms with van der Waals surface area (Å²) >= 11 is 9.70. The molecule has 0 radical (unpaired) electrons. The van der Waals surface area contributed by atoms with Crippen LogP contribution in [-0.4, -0.2) is 4.98 Å². The molecule has 0 N–H and O–H groups in total. The lowest BCUT2D eigenvalue weighted by atomic mass is 9.94. The van der Waals surface area contributed by atoms with Crippen LogP contribution in [0.4, 0.5) is 4.39 Å². The van der Waals surface area contributed by atoms with Crippen LogP contribution in [0.5, 0.6) is 0 Å². The van der Waals surface area contributed by atoms with Gasteiger partial charge in [0.1, 0.15) is 5.82 Å². The second-order valence-electron chi connectivity index (χ2n) is 4.11. The highest BCUT2D eigenvalue weighted by molar-refractivity contribution is 9.10. The monoisotopic (exact) mass is 327 g/mol. The van der Waals surface area contributed by atoms with Crippen LogP contribution in [0, 0.1) is 5.82 Å². The number of rotatable bonds is 3. The van der Waals surface area contributed by atoms with Crippen molar-refractivity contribution in [2.24, 2.45) is 0 Å². The van der Waals surface area contributed by atoms with E-state index in [9.17, 15) is 4.39 Å². The maximum atomic E-state index is 13.5. The summed E-state index contributed by atoms with van der Waals surface area (Å²) in [5.41, 5.74) is 1.85. The Balaban J connectivity index is 2.31. The molecule has 1 aromatic heterocycles. The summed E-state index contributed by atoms with van der Waals surface area (Å²) in [5, 5.41) is -0.294. The molecule has 0 saturated carbocycles. The molecular formula is C14H12BrClFN. The van der Waals surface area contributed by atoms with E-state index in [1.807, 2.05) is 25.1 Å². The first kappa shape index (κ1) is 13.5. The molecule has 0 bridgehead atoms. The third kappa shape index (κ3) is 2.73. The van der Waals surface area contributed by atoms with E-state index in [-0.39, 0.29) is 17.1 Å². The average Bonchev–Trinajstić information content (AvgIpc) is 2.41. The summed E-state index contributed by atoms with van der Waals surface area (Å²) in [6, 6.07) is 8.77. The molecule has 0 aliphatic heterocycles. The van der Waals surface area contributed by atoms with Crippen LogP contribution < -0.4 is 0 Å². The van der Waals surface area contributed by atoms with Crippen molar-refractivity contribution in [1.29, 1.82) is 0 Å². The molecular weight excluding hydrogens is 317 g/mol. The van der Waals surface area contributed by atoms with Gasteiger partial charge in [0, 0.05) is 18.3 Å². The van der Waals surface area contributed by atoms with E-state index in [1.54, 1.807) is 18.5 Å². The van der Waals surface area contributed by atoms with Crippen LogP contribution in [0.15, 0.2) is 47.2 Å². The summed E-state index contributed by atoms with van der Waals surface area (Å²) in [6.45, 7) is 2.02. The largest absolute Gasteiger partial charge is 0.265 e. The molecule has 2 aromatic rings. The van der Waals surface area contributed by atoms with Crippen LogP contribution in [0.3, 0.4) is 0 Å². The standard InChI is InChI=1S/C14H12BrClFN/c1-9(10-5-7-18-8-6-10)14(16)11-3-2-4-12(17)13(11)15/h2-9,14H,1H3. The Bertz CT molecular complexity index is 533. The number of aromatic nitrogens is 1. The second-order valence-corrected chi connectivity index (χ2v) is 5.38. The Morgan fingerprint density at radius 3 is 2.56 bits per heavy atom. The van der Waals surface area contributed by atoms with E-state index in [0.29, 0.717) is 4.47 Å². The van der Waals surface area contributed by atoms with Gasteiger partial charge < -0.3 is 0 Å². The topological polar surface area (TPSA) is 12.9 Å². The van der Waals surface area contributed by atoms with Crippen LogP contribution in [0.1, 0.15) is 29.3 Å². The Hall–Kier alpha value is -0.930. The number of halogens is 3. The lowest BCUT2D eigenvalue weighted by molar-refractivity contribution is 0.614. The van der Waals surface area contributed by atoms with E-state index >= 15 is 0 Å². The van der Waals surface area contributed by atoms with Crippen molar-refractivity contribution in [3.05, 3.63) is 64.1 Å². The van der Waals surface area contributed by atoms with Crippen LogP contribution in [0.2, 0.25) is 0 Å². The molecule has 0 saturated heterocycles. The molecule has 0 fully saturated rings. The highest BCUT2D eigenvalue weighted by Crippen LogP contribution is 2.39. The van der Waals surface area contributed by atoms with Gasteiger partial charge in [0.05, 0.1) is 9.85 Å². The summed E-state index contributed by atoms with van der Waals surface area (Å²) in [7, 11) is 0. The van der Waals surface area contributed by atoms with Gasteiger partial charge in [-0.3, -0.25) is 4.98 Å². The minimum absolute atomic E-state index is 0.0766. The number of hydrogen-bond donors (Lipinski definition) is 0. The molecule has 2 unspecified atom stereocenters. The van der Waals surface area contributed by atoms with Gasteiger partial charge >= 0.3 is 0 Å². The highest BCUT2D eigenvalue weighted by atomic mass is 79.9. The zero-order valence-corrected chi connectivity index (χ0v) is 12.1. The predicted molar refractivity (Wildman–Crippen MR) is 75.3 cm³/mol. The molecule has 0 spiro atoms. The molecule has 0 aliphatic rings. The number of alkyl halides is 1. The van der Waals surface area contributed by atoms with Gasteiger partial charge in [-0.2, -0.15) is 0 Å². The van der Waals surface area contributed by atoms with Gasteiger partial charge in [-0.1, -0.05) is 19.1 Å². The molecule has 18 heavy (non-hydrogen) atoms. The van der Waals surface area contributed by atoms with Crippen LogP contribution in [0.25, 0.3) is 0 Å². The second kappa shape index (κ2) is 5.81. The Morgan fingerprint density at radius 2 is 1.89 bits per heavy atom. The maximum absolute atomic E-state index is 13.5. The van der Waals surface area contributed by atoms with E-state index in [0.717, 1.165) is 11.1 Å². The first-order chi connectivity index (χ1) is 8.61. The van der Waals surface area contributed by atoms with Crippen molar-refractivity contribution in [3.63, 3.8) is 0 Å². The molecule has 1 heterocycles. The molecule has 1 nitrogen and oxygen atoms in total. The molecule has 2 rings (SSSR count). The quantitative estimate of drug-likeness (QED) is 0.717. The maximum Gasteiger partial charge on any atom is 0.137 e. The van der Waals surface area contributed by atoms with Gasteiger partial charge in [0.2, 0.25) is 0 Å². The van der Waals surface area contributed by atoms with Gasteiger partial charge in [0.15, 0.2) is 0 Å².